The zero-order valence-corrected chi connectivity index (χ0v) is 16.5. The Hall–Kier alpha value is -2.75. The van der Waals surface area contributed by atoms with Crippen LogP contribution in [0.5, 0.6) is 0 Å². The molecule has 0 aromatic heterocycles. The number of hydrogen-bond donors (Lipinski definition) is 0. The summed E-state index contributed by atoms with van der Waals surface area (Å²) in [5.41, 5.74) is 3.42. The lowest BCUT2D eigenvalue weighted by Crippen LogP contribution is -2.35. The second-order valence-corrected chi connectivity index (χ2v) is 7.61. The molecule has 1 atom stereocenters. The monoisotopic (exact) mass is 376 g/mol. The summed E-state index contributed by atoms with van der Waals surface area (Å²) in [4.78, 5) is 17.1. The van der Waals surface area contributed by atoms with Gasteiger partial charge in [0, 0.05) is 23.5 Å². The van der Waals surface area contributed by atoms with Crippen molar-refractivity contribution in [2.24, 2.45) is 0 Å². The number of rotatable bonds is 4. The quantitative estimate of drug-likeness (QED) is 0.561. The lowest BCUT2D eigenvalue weighted by atomic mass is 9.93. The first kappa shape index (κ1) is 18.6. The van der Waals surface area contributed by atoms with Gasteiger partial charge in [-0.1, -0.05) is 67.8 Å². The van der Waals surface area contributed by atoms with Crippen LogP contribution in [0.15, 0.2) is 72.4 Å². The van der Waals surface area contributed by atoms with Crippen molar-refractivity contribution < 1.29 is 9.53 Å². The standard InChI is InChI=1S/C24H28N2O2/c1-28-23(27)17-22-24(19-11-5-2-6-12-19)26(21-15-9-4-10-16-21)18-25(22)20-13-7-3-8-14-20/h2,4-6,9-12,15-17,20,24H,3,7-8,13-14,18H2,1H3/b22-17-. The Morgan fingerprint density at radius 2 is 1.57 bits per heavy atom. The summed E-state index contributed by atoms with van der Waals surface area (Å²) in [6.07, 6.45) is 7.90. The number of esters is 1. The molecule has 2 fully saturated rings. The van der Waals surface area contributed by atoms with Crippen LogP contribution in [0.3, 0.4) is 0 Å². The molecule has 2 aromatic rings. The van der Waals surface area contributed by atoms with Crippen molar-refractivity contribution in [1.82, 2.24) is 4.90 Å². The first-order valence-corrected chi connectivity index (χ1v) is 10.2. The van der Waals surface area contributed by atoms with Gasteiger partial charge in [0.2, 0.25) is 0 Å². The van der Waals surface area contributed by atoms with Gasteiger partial charge in [-0.05, 0) is 30.5 Å². The number of ether oxygens (including phenoxy) is 1. The zero-order valence-electron chi connectivity index (χ0n) is 16.5. The average molecular weight is 377 g/mol. The van der Waals surface area contributed by atoms with E-state index >= 15 is 0 Å². The van der Waals surface area contributed by atoms with Crippen molar-refractivity contribution in [3.63, 3.8) is 0 Å². The molecule has 1 aliphatic carbocycles. The van der Waals surface area contributed by atoms with E-state index in [1.165, 1.54) is 50.5 Å². The van der Waals surface area contributed by atoms with E-state index in [0.717, 1.165) is 12.4 Å². The van der Waals surface area contributed by atoms with Crippen LogP contribution in [0.4, 0.5) is 5.69 Å². The number of benzene rings is 2. The Labute approximate surface area is 167 Å². The first-order chi connectivity index (χ1) is 13.8. The van der Waals surface area contributed by atoms with Gasteiger partial charge in [0.25, 0.3) is 0 Å². The topological polar surface area (TPSA) is 32.8 Å². The molecule has 1 saturated carbocycles. The van der Waals surface area contributed by atoms with Gasteiger partial charge in [0.1, 0.15) is 0 Å². The van der Waals surface area contributed by atoms with Gasteiger partial charge in [-0.3, -0.25) is 0 Å². The van der Waals surface area contributed by atoms with Crippen molar-refractivity contribution in [2.45, 2.75) is 44.2 Å². The van der Waals surface area contributed by atoms with E-state index < -0.39 is 0 Å². The van der Waals surface area contributed by atoms with Gasteiger partial charge >= 0.3 is 5.97 Å². The van der Waals surface area contributed by atoms with Crippen LogP contribution < -0.4 is 4.90 Å². The zero-order chi connectivity index (χ0) is 19.3. The molecule has 4 rings (SSSR count). The van der Waals surface area contributed by atoms with E-state index in [1.807, 2.05) is 12.1 Å². The van der Waals surface area contributed by atoms with E-state index in [-0.39, 0.29) is 12.0 Å². The number of carbonyl (C=O) groups excluding carboxylic acids is 1. The highest BCUT2D eigenvalue weighted by atomic mass is 16.5. The first-order valence-electron chi connectivity index (χ1n) is 10.2. The Balaban J connectivity index is 1.79. The second kappa shape index (κ2) is 8.51. The highest BCUT2D eigenvalue weighted by Gasteiger charge is 2.40. The van der Waals surface area contributed by atoms with Crippen molar-refractivity contribution in [3.8, 4) is 0 Å². The molecule has 28 heavy (non-hydrogen) atoms. The van der Waals surface area contributed by atoms with Crippen LogP contribution in [0.1, 0.15) is 43.7 Å². The minimum Gasteiger partial charge on any atom is -0.466 e. The molecule has 0 spiro atoms. The molecule has 0 N–H and O–H groups in total. The molecular formula is C24H28N2O2. The van der Waals surface area contributed by atoms with E-state index in [0.29, 0.717) is 6.04 Å². The molecule has 2 aromatic carbocycles. The molecule has 2 aliphatic rings. The second-order valence-electron chi connectivity index (χ2n) is 7.61. The van der Waals surface area contributed by atoms with Gasteiger partial charge in [0.05, 0.1) is 19.8 Å². The Morgan fingerprint density at radius 1 is 0.929 bits per heavy atom. The van der Waals surface area contributed by atoms with Crippen LogP contribution in [0.25, 0.3) is 0 Å². The normalized spacial score (nSPS) is 21.9. The molecule has 1 unspecified atom stereocenters. The van der Waals surface area contributed by atoms with Crippen LogP contribution in [0.2, 0.25) is 0 Å². The molecule has 1 aliphatic heterocycles. The third-order valence-corrected chi connectivity index (χ3v) is 5.91. The molecule has 1 heterocycles. The molecule has 4 nitrogen and oxygen atoms in total. The summed E-state index contributed by atoms with van der Waals surface area (Å²) in [5.74, 6) is -0.286. The van der Waals surface area contributed by atoms with Crippen molar-refractivity contribution in [1.29, 1.82) is 0 Å². The SMILES string of the molecule is COC(=O)/C=C1/C(c2ccccc2)N(c2ccccc2)CN1C1CCCCC1. The maximum Gasteiger partial charge on any atom is 0.332 e. The molecule has 0 bridgehead atoms. The summed E-state index contributed by atoms with van der Waals surface area (Å²) >= 11 is 0. The van der Waals surface area contributed by atoms with E-state index in [9.17, 15) is 4.79 Å². The predicted molar refractivity (Wildman–Crippen MR) is 112 cm³/mol. The highest BCUT2D eigenvalue weighted by molar-refractivity contribution is 5.83. The molecule has 1 saturated heterocycles. The van der Waals surface area contributed by atoms with E-state index in [2.05, 4.69) is 58.3 Å². The lowest BCUT2D eigenvalue weighted by Gasteiger charge is -2.33. The Kier molecular flexibility index (Phi) is 5.65. The fourth-order valence-corrected chi connectivity index (χ4v) is 4.54. The number of hydrogen-bond acceptors (Lipinski definition) is 4. The highest BCUT2D eigenvalue weighted by Crippen LogP contribution is 2.43. The smallest absolute Gasteiger partial charge is 0.332 e. The third kappa shape index (κ3) is 3.77. The van der Waals surface area contributed by atoms with Gasteiger partial charge < -0.3 is 14.5 Å². The minimum absolute atomic E-state index is 0.00428. The number of para-hydroxylation sites is 1. The maximum atomic E-state index is 12.3. The van der Waals surface area contributed by atoms with Gasteiger partial charge in [-0.15, -0.1) is 0 Å². The van der Waals surface area contributed by atoms with Gasteiger partial charge in [-0.25, -0.2) is 4.79 Å². The summed E-state index contributed by atoms with van der Waals surface area (Å²) in [6, 6.07) is 21.4. The molecule has 146 valence electrons. The number of carbonyl (C=O) groups is 1. The van der Waals surface area contributed by atoms with Crippen LogP contribution in [0, 0.1) is 0 Å². The third-order valence-electron chi connectivity index (χ3n) is 5.91. The lowest BCUT2D eigenvalue weighted by molar-refractivity contribution is -0.135. The van der Waals surface area contributed by atoms with E-state index in [1.54, 1.807) is 6.08 Å². The van der Waals surface area contributed by atoms with Crippen LogP contribution in [-0.2, 0) is 9.53 Å². The molecule has 0 radical (unpaired) electrons. The van der Waals surface area contributed by atoms with Gasteiger partial charge in [0.15, 0.2) is 0 Å². The molecule has 0 amide bonds. The van der Waals surface area contributed by atoms with Crippen molar-refractivity contribution in [2.75, 3.05) is 18.7 Å². The van der Waals surface area contributed by atoms with Crippen LogP contribution >= 0.6 is 0 Å². The van der Waals surface area contributed by atoms with Crippen LogP contribution in [-0.4, -0.2) is 30.7 Å². The predicted octanol–water partition coefficient (Wildman–Crippen LogP) is 4.90. The summed E-state index contributed by atoms with van der Waals surface area (Å²) < 4.78 is 5.01. The largest absolute Gasteiger partial charge is 0.466 e. The number of methoxy groups -OCH3 is 1. The fraction of sp³-hybridized carbons (Fsp3) is 0.375. The van der Waals surface area contributed by atoms with E-state index in [4.69, 9.17) is 4.74 Å². The summed E-state index contributed by atoms with van der Waals surface area (Å²) in [7, 11) is 1.45. The molecule has 4 heteroatoms. The maximum absolute atomic E-state index is 12.3. The van der Waals surface area contributed by atoms with Crippen molar-refractivity contribution >= 4 is 11.7 Å². The number of nitrogens with zero attached hydrogens (tertiary/aromatic N) is 2. The average Bonchev–Trinajstić information content (AvgIpc) is 3.14. The Bertz CT molecular complexity index is 813. The molecular weight excluding hydrogens is 348 g/mol. The number of anilines is 1. The Morgan fingerprint density at radius 3 is 2.21 bits per heavy atom. The summed E-state index contributed by atoms with van der Waals surface area (Å²) in [5, 5.41) is 0. The minimum atomic E-state index is -0.286. The van der Waals surface area contributed by atoms with Gasteiger partial charge in [-0.2, -0.15) is 0 Å². The fourth-order valence-electron chi connectivity index (χ4n) is 4.54. The van der Waals surface area contributed by atoms with Crippen molar-refractivity contribution in [3.05, 3.63) is 78.0 Å². The summed E-state index contributed by atoms with van der Waals surface area (Å²) in [6.45, 7) is 0.789.